The maximum atomic E-state index is 12.9. The van der Waals surface area contributed by atoms with Gasteiger partial charge in [-0.05, 0) is 273 Å². The van der Waals surface area contributed by atoms with Crippen molar-refractivity contribution in [3.05, 3.63) is 141 Å². The number of amides is 4. The molecule has 1 saturated heterocycles. The van der Waals surface area contributed by atoms with Crippen LogP contribution in [0.5, 0.6) is 0 Å². The normalized spacial score (nSPS) is 20.5. The zero-order valence-electron chi connectivity index (χ0n) is 67.7. The molecule has 8 aliphatic heterocycles. The molecular weight excluding hydrogens is 1400 g/mol. The van der Waals surface area contributed by atoms with Crippen molar-refractivity contribution < 1.29 is 99.5 Å². The van der Waals surface area contributed by atoms with Crippen LogP contribution >= 0.6 is 0 Å². The van der Waals surface area contributed by atoms with E-state index in [-0.39, 0.29) is 76.6 Å². The molecule has 4 amide bonds. The third-order valence-corrected chi connectivity index (χ3v) is 19.4. The van der Waals surface area contributed by atoms with Gasteiger partial charge >= 0.3 is 69.6 Å². The van der Waals surface area contributed by atoms with E-state index in [4.69, 9.17) is 18.9 Å². The maximum Gasteiger partial charge on any atom is 1.00 e. The van der Waals surface area contributed by atoms with Gasteiger partial charge in [-0.2, -0.15) is 26.4 Å². The molecule has 0 unspecified atom stereocenters. The fraction of sp³-hybridized carbons (Fsp3) is 0.573. The second kappa shape index (κ2) is 38.1. The number of aryl methyl sites for hydroxylation is 5. The first-order valence-corrected chi connectivity index (χ1v) is 38.9. The summed E-state index contributed by atoms with van der Waals surface area (Å²) in [7, 11) is -5.84. The molecule has 19 nitrogen and oxygen atoms in total. The van der Waals surface area contributed by atoms with Crippen molar-refractivity contribution in [1.29, 1.82) is 0 Å². The predicted molar refractivity (Wildman–Crippen MR) is 418 cm³/mol. The summed E-state index contributed by atoms with van der Waals surface area (Å²) >= 11 is 0. The van der Waals surface area contributed by atoms with Gasteiger partial charge in [0.1, 0.15) is 22.4 Å². The molecule has 4 N–H and O–H groups in total. The van der Waals surface area contributed by atoms with Crippen LogP contribution in [0.2, 0.25) is 0 Å². The first-order valence-electron chi connectivity index (χ1n) is 37.5. The Hall–Kier alpha value is -6.99. The molecule has 581 valence electrons. The molecule has 25 heteroatoms. The van der Waals surface area contributed by atoms with Crippen LogP contribution in [0.3, 0.4) is 0 Å². The molecule has 3 radical (unpaired) electrons. The molecule has 8 heterocycles. The first-order chi connectivity index (χ1) is 49.1. The molecule has 0 aromatic heterocycles. The average molecular weight is 1510 g/mol. The molecule has 0 saturated carbocycles. The van der Waals surface area contributed by atoms with Gasteiger partial charge in [-0.1, -0.05) is 80.3 Å². The molecule has 0 bridgehead atoms. The number of fused-ring (bicyclic) bond motifs is 4. The summed E-state index contributed by atoms with van der Waals surface area (Å²) in [6, 6.07) is 26.6. The SMILES string of the molecule is C[C@H]1CC=C(OS(=O)(=O)C(F)(F)F)N(C(=O)OC(C)(C)C)C1.C[C@H]1CC=C(c2ccc3c(c2)CCCN3)NC1.C[C@H]1CC=C(c2ccc3c(c2)CCCN3C(=O)OC(C)(C)C)N(C(=O)OC(C)(C)C)C1.C[C@H]1CC[C@H](c2ccc3c(c2)CCCN3)NC1.Cc1ccc2c(c1)CCC=[N+]2C(=O)OC(C)(C)C.[B].[H-].[Na+]. The van der Waals surface area contributed by atoms with Gasteiger partial charge in [0.05, 0.1) is 11.4 Å². The topological polar surface area (TPSA) is 209 Å². The number of alkyl halides is 3. The van der Waals surface area contributed by atoms with Crippen LogP contribution < -0.4 is 55.7 Å². The number of carbonyl (C=O) groups excluding carboxylic acids is 4. The summed E-state index contributed by atoms with van der Waals surface area (Å²) in [5, 5.41) is 14.1. The van der Waals surface area contributed by atoms with Gasteiger partial charge in [-0.15, -0.1) is 0 Å². The van der Waals surface area contributed by atoms with E-state index in [2.05, 4.69) is 114 Å². The van der Waals surface area contributed by atoms with Crippen molar-refractivity contribution in [2.45, 2.75) is 235 Å². The van der Waals surface area contributed by atoms with Gasteiger partial charge in [0.25, 0.3) is 0 Å². The molecule has 4 aromatic carbocycles. The molecule has 5 atom stereocenters. The van der Waals surface area contributed by atoms with Crippen LogP contribution in [-0.4, -0.2) is 136 Å². The number of piperidine rings is 1. The summed E-state index contributed by atoms with van der Waals surface area (Å²) in [6.45, 7) is 38.0. The number of allylic oxidation sites excluding steroid dienone is 3. The number of ether oxygens (including phenoxy) is 4. The van der Waals surface area contributed by atoms with Crippen LogP contribution in [-0.2, 0) is 58.9 Å². The van der Waals surface area contributed by atoms with E-state index in [0.717, 1.165) is 103 Å². The zero-order chi connectivity index (χ0) is 77.0. The average Bonchev–Trinajstić information content (AvgIpc) is 0.808. The van der Waals surface area contributed by atoms with E-state index >= 15 is 0 Å². The van der Waals surface area contributed by atoms with Crippen molar-refractivity contribution in [3.8, 4) is 0 Å². The molecule has 12 rings (SSSR count). The molecule has 4 aromatic rings. The third kappa shape index (κ3) is 26.6. The van der Waals surface area contributed by atoms with Gasteiger partial charge in [-0.3, -0.25) is 9.80 Å². The number of anilines is 3. The van der Waals surface area contributed by atoms with Crippen LogP contribution in [0.1, 0.15) is 221 Å². The van der Waals surface area contributed by atoms with E-state index in [9.17, 15) is 40.8 Å². The van der Waals surface area contributed by atoms with Gasteiger partial charge < -0.3 is 45.8 Å². The molecular formula is C82H117BF3N8NaO11S+. The Morgan fingerprint density at radius 3 is 1.67 bits per heavy atom. The minimum absolute atomic E-state index is 0. The number of halogens is 3. The van der Waals surface area contributed by atoms with Gasteiger partial charge in [0.15, 0.2) is 6.21 Å². The van der Waals surface area contributed by atoms with E-state index in [1.54, 1.807) is 42.1 Å². The van der Waals surface area contributed by atoms with Gasteiger partial charge in [0.2, 0.25) is 11.6 Å². The summed E-state index contributed by atoms with van der Waals surface area (Å²) in [4.78, 5) is 54.0. The first kappa shape index (κ1) is 88.9. The number of carbonyl (C=O) groups is 4. The molecule has 0 spiro atoms. The number of nitrogens with zero attached hydrogens (tertiary/aromatic N) is 4. The minimum Gasteiger partial charge on any atom is -1.00 e. The Balaban J connectivity index is 0.000000245. The third-order valence-electron chi connectivity index (χ3n) is 18.4. The smallest absolute Gasteiger partial charge is 1.00 e. The van der Waals surface area contributed by atoms with Crippen LogP contribution in [0.15, 0.2) is 96.9 Å². The Morgan fingerprint density at radius 1 is 0.551 bits per heavy atom. The second-order valence-electron chi connectivity index (χ2n) is 33.1. The number of hydrogen-bond donors (Lipinski definition) is 4. The number of nitrogens with one attached hydrogen (secondary N) is 4. The molecule has 0 aliphatic carbocycles. The van der Waals surface area contributed by atoms with E-state index in [1.807, 2.05) is 92.8 Å². The maximum absolute atomic E-state index is 12.9. The molecule has 107 heavy (non-hydrogen) atoms. The van der Waals surface area contributed by atoms with Crippen molar-refractivity contribution >= 4 is 83.3 Å². The van der Waals surface area contributed by atoms with Crippen LogP contribution in [0.25, 0.3) is 11.4 Å². The van der Waals surface area contributed by atoms with Gasteiger partial charge in [-0.25, -0.2) is 19.3 Å². The summed E-state index contributed by atoms with van der Waals surface area (Å²) in [6.07, 6.45) is 19.2. The van der Waals surface area contributed by atoms with E-state index < -0.39 is 50.0 Å². The van der Waals surface area contributed by atoms with Crippen LogP contribution in [0.4, 0.5) is 55.1 Å². The molecule has 1 fully saturated rings. The van der Waals surface area contributed by atoms with Crippen molar-refractivity contribution in [3.63, 3.8) is 0 Å². The second-order valence-corrected chi connectivity index (χ2v) is 34.6. The summed E-state index contributed by atoms with van der Waals surface area (Å²) in [5.41, 5.74) is 9.01. The Bertz CT molecular complexity index is 3990. The standard InChI is InChI=1S/C25H36N2O4.C15H22N2.C15H20N2.C15H20NO2.C12H18F3NO5S.B.Na.H/c1-17-10-12-21(27(16-17)23(29)31-25(5,6)7)19-11-13-20-18(15-19)9-8-14-26(20)22(28)30-24(2,3)4;2*1-11-4-6-15(17-10-11)13-5-7-14-12(9-13)3-2-8-16-14;1-11-7-8-13-12(10-11)6-5-9-16(13)14(17)18-15(2,3)4;1-8-5-6-9(21-22(18,19)12(13,14)15)16(7-8)10(17)20-11(2,3)4;;;/h11-13,15,17H,8-10,14,16H2,1-7H3;5,7,9,11,15-17H,2-4,6,8,10H2,1H3;5-7,9,11,16-17H,2-4,8,10H2,1H3;7-10H,5-6H2,1-4H3;6,8H,5,7H2,1-4H3;;;/q;;;+1;;;+1;-1/t17-;11-,15+;11-;;8-;;;/m000.0.../s1. The fourth-order valence-electron chi connectivity index (χ4n) is 13.2. The Labute approximate surface area is 660 Å². The Kier molecular flexibility index (Phi) is 31.7. The van der Waals surface area contributed by atoms with Crippen molar-refractivity contribution in [2.75, 3.05) is 61.3 Å². The van der Waals surface area contributed by atoms with Crippen LogP contribution in [0, 0.1) is 30.6 Å². The largest absolute Gasteiger partial charge is 1.00 e. The molecule has 8 aliphatic rings. The van der Waals surface area contributed by atoms with Crippen molar-refractivity contribution in [1.82, 2.24) is 20.4 Å². The fourth-order valence-corrected chi connectivity index (χ4v) is 13.7. The van der Waals surface area contributed by atoms with Crippen molar-refractivity contribution in [2.24, 2.45) is 23.7 Å². The number of benzene rings is 4. The zero-order valence-corrected chi connectivity index (χ0v) is 69.5. The minimum atomic E-state index is -5.84. The Morgan fingerprint density at radius 2 is 1.09 bits per heavy atom. The number of rotatable bonds is 5. The monoisotopic (exact) mass is 1510 g/mol. The summed E-state index contributed by atoms with van der Waals surface area (Å²) < 4.78 is 86.8. The van der Waals surface area contributed by atoms with Gasteiger partial charge in [0, 0.05) is 88.8 Å². The predicted octanol–water partition coefficient (Wildman–Crippen LogP) is 15.4. The van der Waals surface area contributed by atoms with E-state index in [0.29, 0.717) is 25.0 Å². The summed E-state index contributed by atoms with van der Waals surface area (Å²) in [5.74, 6) is 1.21. The quantitative estimate of drug-likeness (QED) is 0.0482. The van der Waals surface area contributed by atoms with E-state index in [1.165, 1.54) is 102 Å². The number of hydrogen-bond acceptors (Lipinski definition) is 15.